The van der Waals surface area contributed by atoms with Crippen LogP contribution in [0.2, 0.25) is 0 Å². The first-order valence-electron chi connectivity index (χ1n) is 7.96. The van der Waals surface area contributed by atoms with E-state index < -0.39 is 11.9 Å². The number of carboxylic acid groups (broad SMARTS) is 1. The van der Waals surface area contributed by atoms with Gasteiger partial charge in [0.1, 0.15) is 5.75 Å². The van der Waals surface area contributed by atoms with Crippen molar-refractivity contribution in [3.8, 4) is 5.75 Å². The van der Waals surface area contributed by atoms with E-state index in [0.717, 1.165) is 10.0 Å². The molecule has 5 nitrogen and oxygen atoms in total. The van der Waals surface area contributed by atoms with Crippen LogP contribution in [0.4, 0.5) is 5.69 Å². The minimum absolute atomic E-state index is 0.324. The number of nitrogens with one attached hydrogen (secondary N) is 1. The van der Waals surface area contributed by atoms with Gasteiger partial charge in [0.2, 0.25) is 5.91 Å². The highest BCUT2D eigenvalue weighted by Crippen LogP contribution is 2.20. The van der Waals surface area contributed by atoms with Crippen LogP contribution in [0.3, 0.4) is 0 Å². The van der Waals surface area contributed by atoms with Gasteiger partial charge >= 0.3 is 0 Å². The second kappa shape index (κ2) is 9.22. The number of rotatable bonds is 8. The van der Waals surface area contributed by atoms with Crippen molar-refractivity contribution < 1.29 is 19.4 Å². The van der Waals surface area contributed by atoms with Crippen LogP contribution >= 0.6 is 15.9 Å². The molecular weight excluding hydrogens is 386 g/mol. The Balaban J connectivity index is 2.06. The maximum Gasteiger partial charge on any atom is 0.228 e. The lowest BCUT2D eigenvalue weighted by Crippen LogP contribution is -2.32. The summed E-state index contributed by atoms with van der Waals surface area (Å²) >= 11 is 3.35. The molecule has 0 spiro atoms. The normalized spacial score (nSPS) is 11.6. The molecule has 0 aliphatic carbocycles. The number of carbonyl (C=O) groups is 2. The Morgan fingerprint density at radius 1 is 1.12 bits per heavy atom. The van der Waals surface area contributed by atoms with Gasteiger partial charge in [-0.15, -0.1) is 0 Å². The quantitative estimate of drug-likeness (QED) is 0.733. The lowest BCUT2D eigenvalue weighted by Gasteiger charge is -2.18. The fraction of sp³-hybridized carbons (Fsp3) is 0.263. The summed E-state index contributed by atoms with van der Waals surface area (Å²) in [4.78, 5) is 23.5. The van der Waals surface area contributed by atoms with Gasteiger partial charge in [-0.3, -0.25) is 4.79 Å². The van der Waals surface area contributed by atoms with Gasteiger partial charge in [-0.1, -0.05) is 28.1 Å². The number of aliphatic carboxylic acids is 1. The van der Waals surface area contributed by atoms with E-state index in [2.05, 4.69) is 21.2 Å². The van der Waals surface area contributed by atoms with E-state index >= 15 is 0 Å². The Hall–Kier alpha value is -2.34. The molecule has 0 aliphatic heterocycles. The van der Waals surface area contributed by atoms with E-state index in [1.165, 1.54) is 0 Å². The zero-order valence-electron chi connectivity index (χ0n) is 13.8. The molecule has 25 heavy (non-hydrogen) atoms. The smallest absolute Gasteiger partial charge is 0.228 e. The van der Waals surface area contributed by atoms with Crippen molar-refractivity contribution in [3.05, 3.63) is 58.6 Å². The van der Waals surface area contributed by atoms with Gasteiger partial charge in [0, 0.05) is 22.0 Å². The topological polar surface area (TPSA) is 78.5 Å². The van der Waals surface area contributed by atoms with E-state index in [1.54, 1.807) is 24.3 Å². The lowest BCUT2D eigenvalue weighted by atomic mass is 9.95. The molecule has 0 saturated heterocycles. The molecule has 1 atom stereocenters. The Morgan fingerprint density at radius 3 is 2.32 bits per heavy atom. The predicted octanol–water partition coefficient (Wildman–Crippen LogP) is 2.79. The summed E-state index contributed by atoms with van der Waals surface area (Å²) in [5.74, 6) is -1.60. The van der Waals surface area contributed by atoms with Gasteiger partial charge < -0.3 is 20.0 Å². The molecule has 6 heteroatoms. The first-order chi connectivity index (χ1) is 12.0. The van der Waals surface area contributed by atoms with Gasteiger partial charge in [0.05, 0.1) is 6.61 Å². The number of anilines is 1. The van der Waals surface area contributed by atoms with Crippen LogP contribution in [-0.4, -0.2) is 18.5 Å². The molecule has 0 aliphatic rings. The lowest BCUT2D eigenvalue weighted by molar-refractivity contribution is -0.306. The minimum atomic E-state index is -1.25. The second-order valence-corrected chi connectivity index (χ2v) is 6.47. The van der Waals surface area contributed by atoms with E-state index in [9.17, 15) is 14.7 Å². The largest absolute Gasteiger partial charge is 0.550 e. The molecule has 2 rings (SSSR count). The van der Waals surface area contributed by atoms with Crippen LogP contribution in [0, 0.1) is 5.92 Å². The fourth-order valence-electron chi connectivity index (χ4n) is 2.41. The average molecular weight is 405 g/mol. The number of benzene rings is 2. The first-order valence-corrected chi connectivity index (χ1v) is 8.75. The van der Waals surface area contributed by atoms with E-state index in [-0.39, 0.29) is 12.3 Å². The summed E-state index contributed by atoms with van der Waals surface area (Å²) in [6, 6.07) is 14.4. The Bertz CT molecular complexity index is 713. The molecule has 2 aromatic carbocycles. The van der Waals surface area contributed by atoms with Crippen molar-refractivity contribution in [2.75, 3.05) is 11.9 Å². The van der Waals surface area contributed by atoms with Crippen molar-refractivity contribution in [2.24, 2.45) is 5.92 Å². The summed E-state index contributed by atoms with van der Waals surface area (Å²) in [5, 5.41) is 13.8. The third-order valence-corrected chi connectivity index (χ3v) is 4.14. The standard InChI is InChI=1S/C19H20BrNO4/c1-2-25-17-9-7-16(8-10-17)21-19(24)14(12-18(22)23)11-13-3-5-15(20)6-4-13/h3-10,14H,2,11-12H2,1H3,(H,21,24)(H,22,23)/p-1/t14-/m1/s1. The molecule has 0 bridgehead atoms. The SMILES string of the molecule is CCOc1ccc(NC(=O)[C@@H](CC(=O)[O-])Cc2ccc(Br)cc2)cc1. The van der Waals surface area contributed by atoms with Crippen molar-refractivity contribution >= 4 is 33.5 Å². The highest BCUT2D eigenvalue weighted by atomic mass is 79.9. The maximum absolute atomic E-state index is 12.5. The zero-order chi connectivity index (χ0) is 18.2. The third-order valence-electron chi connectivity index (χ3n) is 3.61. The van der Waals surface area contributed by atoms with Crippen molar-refractivity contribution in [1.82, 2.24) is 0 Å². The van der Waals surface area contributed by atoms with Gasteiger partial charge in [-0.05, 0) is 61.7 Å². The predicted molar refractivity (Wildman–Crippen MR) is 97.2 cm³/mol. The van der Waals surface area contributed by atoms with Gasteiger partial charge in [-0.2, -0.15) is 0 Å². The molecule has 0 radical (unpaired) electrons. The highest BCUT2D eigenvalue weighted by Gasteiger charge is 2.19. The number of carbonyl (C=O) groups excluding carboxylic acids is 2. The molecule has 132 valence electrons. The van der Waals surface area contributed by atoms with Crippen molar-refractivity contribution in [2.45, 2.75) is 19.8 Å². The van der Waals surface area contributed by atoms with E-state index in [1.807, 2.05) is 31.2 Å². The highest BCUT2D eigenvalue weighted by molar-refractivity contribution is 9.10. The van der Waals surface area contributed by atoms with Crippen molar-refractivity contribution in [1.29, 1.82) is 0 Å². The molecule has 1 N–H and O–H groups in total. The van der Waals surface area contributed by atoms with E-state index in [4.69, 9.17) is 4.74 Å². The number of halogens is 1. The summed E-state index contributed by atoms with van der Waals surface area (Å²) < 4.78 is 6.27. The molecule has 2 aromatic rings. The van der Waals surface area contributed by atoms with Gasteiger partial charge in [0.25, 0.3) is 0 Å². The van der Waals surface area contributed by atoms with E-state index in [0.29, 0.717) is 24.5 Å². The molecule has 0 unspecified atom stereocenters. The zero-order valence-corrected chi connectivity index (χ0v) is 15.4. The summed E-state index contributed by atoms with van der Waals surface area (Å²) in [6.07, 6.45) is -0.0109. The third kappa shape index (κ3) is 6.23. The number of hydrogen-bond acceptors (Lipinski definition) is 4. The number of hydrogen-bond donors (Lipinski definition) is 1. The Morgan fingerprint density at radius 2 is 1.76 bits per heavy atom. The van der Waals surface area contributed by atoms with Gasteiger partial charge in [0.15, 0.2) is 0 Å². The van der Waals surface area contributed by atoms with Crippen LogP contribution in [-0.2, 0) is 16.0 Å². The number of amides is 1. The average Bonchev–Trinajstić information content (AvgIpc) is 2.58. The summed E-state index contributed by atoms with van der Waals surface area (Å²) in [7, 11) is 0. The maximum atomic E-state index is 12.5. The Kier molecular flexibility index (Phi) is 7.01. The van der Waals surface area contributed by atoms with Crippen molar-refractivity contribution in [3.63, 3.8) is 0 Å². The summed E-state index contributed by atoms with van der Waals surface area (Å²) in [5.41, 5.74) is 1.48. The fourth-order valence-corrected chi connectivity index (χ4v) is 2.67. The van der Waals surface area contributed by atoms with Crippen LogP contribution in [0.15, 0.2) is 53.0 Å². The Labute approximate surface area is 155 Å². The molecule has 0 saturated carbocycles. The van der Waals surface area contributed by atoms with Gasteiger partial charge in [-0.25, -0.2) is 0 Å². The molecule has 1 amide bonds. The van der Waals surface area contributed by atoms with Crippen LogP contribution in [0.1, 0.15) is 18.9 Å². The molecule has 0 heterocycles. The second-order valence-electron chi connectivity index (χ2n) is 5.55. The minimum Gasteiger partial charge on any atom is -0.550 e. The number of ether oxygens (including phenoxy) is 1. The monoisotopic (exact) mass is 404 g/mol. The van der Waals surface area contributed by atoms with Crippen LogP contribution in [0.5, 0.6) is 5.75 Å². The van der Waals surface area contributed by atoms with Crippen LogP contribution < -0.4 is 15.2 Å². The summed E-state index contributed by atoms with van der Waals surface area (Å²) in [6.45, 7) is 2.45. The molecular formula is C19H19BrNO4-. The molecule has 0 fully saturated rings. The molecule has 0 aromatic heterocycles. The van der Waals surface area contributed by atoms with Crippen LogP contribution in [0.25, 0.3) is 0 Å². The first kappa shape index (κ1) is 19.0. The number of carboxylic acids is 1.